The van der Waals surface area contributed by atoms with E-state index in [-0.39, 0.29) is 23.8 Å². The van der Waals surface area contributed by atoms with E-state index in [1.54, 1.807) is 12.3 Å². The summed E-state index contributed by atoms with van der Waals surface area (Å²) in [6, 6.07) is 8.44. The van der Waals surface area contributed by atoms with Crippen LogP contribution in [0.2, 0.25) is 0 Å². The zero-order valence-electron chi connectivity index (χ0n) is 17.9. The molecule has 1 fully saturated rings. The van der Waals surface area contributed by atoms with Crippen LogP contribution in [0, 0.1) is 5.82 Å². The Hall–Kier alpha value is -2.80. The third-order valence-electron chi connectivity index (χ3n) is 5.63. The Balaban J connectivity index is 1.62. The van der Waals surface area contributed by atoms with Gasteiger partial charge in [-0.15, -0.1) is 0 Å². The number of carbonyl (C=O) groups is 1. The van der Waals surface area contributed by atoms with Gasteiger partial charge in [-0.25, -0.2) is 14.1 Å². The molecule has 1 amide bonds. The topological polar surface area (TPSA) is 63.1 Å². The average Bonchev–Trinajstić information content (AvgIpc) is 3.45. The second-order valence-electron chi connectivity index (χ2n) is 8.53. The number of hydrogen-bond donors (Lipinski definition) is 1. The molecule has 1 saturated carbocycles. The van der Waals surface area contributed by atoms with E-state index < -0.39 is 0 Å². The number of fused-ring (bicyclic) bond motifs is 1. The van der Waals surface area contributed by atoms with Gasteiger partial charge in [0, 0.05) is 24.2 Å². The molecule has 1 aromatic carbocycles. The maximum Gasteiger partial charge on any atom is 0.252 e. The second kappa shape index (κ2) is 8.14. The molecule has 1 aliphatic carbocycles. The van der Waals surface area contributed by atoms with Crippen molar-refractivity contribution in [3.05, 3.63) is 59.2 Å². The number of hydrogen-bond acceptors (Lipinski definition) is 4. The molecular formula is C23H28FN5O. The number of aromatic nitrogens is 3. The molecule has 30 heavy (non-hydrogen) atoms. The molecular weight excluding hydrogens is 381 g/mol. The fourth-order valence-electron chi connectivity index (χ4n) is 3.79. The molecule has 2 aromatic heterocycles. The molecule has 4 rings (SSSR count). The Labute approximate surface area is 176 Å². The largest absolute Gasteiger partial charge is 0.350 e. The third-order valence-corrected chi connectivity index (χ3v) is 5.63. The lowest BCUT2D eigenvalue weighted by molar-refractivity contribution is 0.0943. The van der Waals surface area contributed by atoms with Crippen LogP contribution in [-0.2, 0) is 0 Å². The first-order valence-electron chi connectivity index (χ1n) is 10.4. The van der Waals surface area contributed by atoms with Crippen LogP contribution in [0.25, 0.3) is 11.0 Å². The van der Waals surface area contributed by atoms with Gasteiger partial charge in [0.25, 0.3) is 5.91 Å². The van der Waals surface area contributed by atoms with Crippen LogP contribution < -0.4 is 5.32 Å². The normalized spacial score (nSPS) is 15.2. The van der Waals surface area contributed by atoms with E-state index in [1.807, 2.05) is 35.8 Å². The standard InChI is InChI=1S/C23H28FN5O/c1-14(2)29-22-19(12-26-29)18(11-20(27-22)15-8-9-15)23(30)25-13-21(28(3)4)16-6-5-7-17(24)10-16/h5-7,10-12,14-15,21H,8-9,13H2,1-4H3,(H,25,30)/t21-/m0/s1. The van der Waals surface area contributed by atoms with Gasteiger partial charge in [-0.05, 0) is 64.5 Å². The molecule has 6 nitrogen and oxygen atoms in total. The Bertz CT molecular complexity index is 1070. The Morgan fingerprint density at radius 2 is 2.07 bits per heavy atom. The van der Waals surface area contributed by atoms with Crippen molar-refractivity contribution in [1.82, 2.24) is 25.0 Å². The molecule has 7 heteroatoms. The van der Waals surface area contributed by atoms with E-state index in [0.29, 0.717) is 18.0 Å². The molecule has 1 atom stereocenters. The predicted octanol–water partition coefficient (Wildman–Crippen LogP) is 4.06. The zero-order chi connectivity index (χ0) is 21.4. The quantitative estimate of drug-likeness (QED) is 0.639. The van der Waals surface area contributed by atoms with Crippen LogP contribution in [0.5, 0.6) is 0 Å². The molecule has 0 radical (unpaired) electrons. The van der Waals surface area contributed by atoms with E-state index in [4.69, 9.17) is 4.98 Å². The van der Waals surface area contributed by atoms with Crippen LogP contribution in [0.15, 0.2) is 36.5 Å². The first-order chi connectivity index (χ1) is 14.3. The van der Waals surface area contributed by atoms with Crippen molar-refractivity contribution in [3.8, 4) is 0 Å². The highest BCUT2D eigenvalue weighted by Gasteiger charge is 2.28. The van der Waals surface area contributed by atoms with Crippen LogP contribution in [0.3, 0.4) is 0 Å². The summed E-state index contributed by atoms with van der Waals surface area (Å²) in [5.41, 5.74) is 3.15. The van der Waals surface area contributed by atoms with E-state index in [1.165, 1.54) is 12.1 Å². The first kappa shape index (κ1) is 20.5. The van der Waals surface area contributed by atoms with Crippen LogP contribution in [-0.4, -0.2) is 46.2 Å². The van der Waals surface area contributed by atoms with Crippen molar-refractivity contribution >= 4 is 16.9 Å². The average molecular weight is 410 g/mol. The fraction of sp³-hybridized carbons (Fsp3) is 0.435. The van der Waals surface area contributed by atoms with E-state index in [9.17, 15) is 9.18 Å². The molecule has 0 bridgehead atoms. The predicted molar refractivity (Wildman–Crippen MR) is 115 cm³/mol. The van der Waals surface area contributed by atoms with E-state index in [2.05, 4.69) is 24.3 Å². The minimum Gasteiger partial charge on any atom is -0.350 e. The number of nitrogens with zero attached hydrogens (tertiary/aromatic N) is 4. The van der Waals surface area contributed by atoms with Crippen molar-refractivity contribution in [1.29, 1.82) is 0 Å². The smallest absolute Gasteiger partial charge is 0.252 e. The lowest BCUT2D eigenvalue weighted by Crippen LogP contribution is -2.34. The number of amides is 1. The second-order valence-corrected chi connectivity index (χ2v) is 8.53. The number of likely N-dealkylation sites (N-methyl/N-ethyl adjacent to an activating group) is 1. The van der Waals surface area contributed by atoms with Crippen molar-refractivity contribution < 1.29 is 9.18 Å². The maximum absolute atomic E-state index is 13.7. The molecule has 0 aliphatic heterocycles. The van der Waals surface area contributed by atoms with Gasteiger partial charge < -0.3 is 10.2 Å². The van der Waals surface area contributed by atoms with Gasteiger partial charge in [0.05, 0.1) is 23.2 Å². The fourth-order valence-corrected chi connectivity index (χ4v) is 3.79. The minimum absolute atomic E-state index is 0.136. The number of rotatable bonds is 7. The zero-order valence-corrected chi connectivity index (χ0v) is 17.9. The Kier molecular flexibility index (Phi) is 5.56. The highest BCUT2D eigenvalue weighted by Crippen LogP contribution is 2.40. The molecule has 158 valence electrons. The number of pyridine rings is 1. The summed E-state index contributed by atoms with van der Waals surface area (Å²) in [6.45, 7) is 4.48. The van der Waals surface area contributed by atoms with Gasteiger partial charge in [-0.3, -0.25) is 4.79 Å². The molecule has 0 unspecified atom stereocenters. The summed E-state index contributed by atoms with van der Waals surface area (Å²) in [7, 11) is 3.84. The molecule has 0 spiro atoms. The Morgan fingerprint density at radius 1 is 1.30 bits per heavy atom. The van der Waals surface area contributed by atoms with Gasteiger partial charge in [0.15, 0.2) is 5.65 Å². The summed E-state index contributed by atoms with van der Waals surface area (Å²) in [5, 5.41) is 8.27. The minimum atomic E-state index is -0.281. The van der Waals surface area contributed by atoms with Crippen molar-refractivity contribution in [2.45, 2.75) is 44.7 Å². The maximum atomic E-state index is 13.7. The highest BCUT2D eigenvalue weighted by atomic mass is 19.1. The van der Waals surface area contributed by atoms with Gasteiger partial charge in [-0.1, -0.05) is 12.1 Å². The molecule has 1 aliphatic rings. The van der Waals surface area contributed by atoms with Crippen LogP contribution in [0.4, 0.5) is 4.39 Å². The van der Waals surface area contributed by atoms with Gasteiger partial charge in [0.1, 0.15) is 5.82 Å². The molecule has 2 heterocycles. The van der Waals surface area contributed by atoms with Crippen LogP contribution >= 0.6 is 0 Å². The molecule has 1 N–H and O–H groups in total. The number of carbonyl (C=O) groups excluding carboxylic acids is 1. The van der Waals surface area contributed by atoms with Crippen molar-refractivity contribution in [2.24, 2.45) is 0 Å². The number of halogens is 1. The number of nitrogens with one attached hydrogen (secondary N) is 1. The first-order valence-corrected chi connectivity index (χ1v) is 10.4. The third kappa shape index (κ3) is 4.07. The Morgan fingerprint density at radius 3 is 2.70 bits per heavy atom. The molecule has 3 aromatic rings. The summed E-state index contributed by atoms with van der Waals surface area (Å²) >= 11 is 0. The van der Waals surface area contributed by atoms with Gasteiger partial charge in [-0.2, -0.15) is 5.10 Å². The van der Waals surface area contributed by atoms with Crippen LogP contribution in [0.1, 0.15) is 66.3 Å². The van der Waals surface area contributed by atoms with E-state index >= 15 is 0 Å². The monoisotopic (exact) mass is 409 g/mol. The SMILES string of the molecule is CC(C)n1ncc2c(C(=O)NC[C@@H](c3cccc(F)c3)N(C)C)cc(C3CC3)nc21. The summed E-state index contributed by atoms with van der Waals surface area (Å²) < 4.78 is 15.6. The molecule has 0 saturated heterocycles. The summed E-state index contributed by atoms with van der Waals surface area (Å²) in [4.78, 5) is 20.0. The lowest BCUT2D eigenvalue weighted by atomic mass is 10.0. The summed E-state index contributed by atoms with van der Waals surface area (Å²) in [5.74, 6) is -0.00849. The van der Waals surface area contributed by atoms with Gasteiger partial charge >= 0.3 is 0 Å². The highest BCUT2D eigenvalue weighted by molar-refractivity contribution is 6.05. The summed E-state index contributed by atoms with van der Waals surface area (Å²) in [6.07, 6.45) is 3.94. The van der Waals surface area contributed by atoms with Crippen molar-refractivity contribution in [2.75, 3.05) is 20.6 Å². The van der Waals surface area contributed by atoms with Gasteiger partial charge in [0.2, 0.25) is 0 Å². The number of benzene rings is 1. The van der Waals surface area contributed by atoms with Crippen molar-refractivity contribution in [3.63, 3.8) is 0 Å². The lowest BCUT2D eigenvalue weighted by Gasteiger charge is -2.25. The van der Waals surface area contributed by atoms with E-state index in [0.717, 1.165) is 35.1 Å².